The fourth-order valence-corrected chi connectivity index (χ4v) is 2.61. The van der Waals surface area contributed by atoms with E-state index in [-0.39, 0.29) is 28.2 Å². The number of hydrogen-bond donors (Lipinski definition) is 1. The Bertz CT molecular complexity index is 940. The molecule has 0 atom stereocenters. The molecule has 1 aromatic heterocycles. The summed E-state index contributed by atoms with van der Waals surface area (Å²) in [6.45, 7) is 0. The molecule has 10 heteroatoms. The summed E-state index contributed by atoms with van der Waals surface area (Å²) in [6.07, 6.45) is -9.88. The van der Waals surface area contributed by atoms with Gasteiger partial charge in [0.25, 0.3) is 0 Å². The molecule has 3 rings (SSSR count). The van der Waals surface area contributed by atoms with E-state index in [9.17, 15) is 26.3 Å². The Morgan fingerprint density at radius 2 is 1.03 bits per heavy atom. The van der Waals surface area contributed by atoms with Crippen molar-refractivity contribution in [3.8, 4) is 34.0 Å². The molecule has 1 heterocycles. The quantitative estimate of drug-likeness (QED) is 0.549. The number of nitrogen functional groups attached to an aromatic ring is 1. The van der Waals surface area contributed by atoms with Crippen LogP contribution in [0.4, 0.5) is 32.0 Å². The molecule has 0 aliphatic heterocycles. The van der Waals surface area contributed by atoms with Gasteiger partial charge in [0, 0.05) is 16.8 Å². The van der Waals surface area contributed by atoms with Gasteiger partial charge >= 0.3 is 12.7 Å². The first-order chi connectivity index (χ1) is 13.5. The molecule has 0 aliphatic carbocycles. The number of ether oxygens (including phenoxy) is 2. The van der Waals surface area contributed by atoms with E-state index < -0.39 is 24.2 Å². The van der Waals surface area contributed by atoms with E-state index in [1.54, 1.807) is 0 Å². The molecule has 0 bridgehead atoms. The fourth-order valence-electron chi connectivity index (χ4n) is 2.61. The van der Waals surface area contributed by atoms with Gasteiger partial charge in [-0.3, -0.25) is 0 Å². The van der Waals surface area contributed by atoms with Crippen molar-refractivity contribution in [3.05, 3.63) is 60.7 Å². The lowest BCUT2D eigenvalue weighted by Crippen LogP contribution is -2.18. The number of alkyl halides is 6. The van der Waals surface area contributed by atoms with E-state index >= 15 is 0 Å². The SMILES string of the molecule is Nc1cc(-c2ccccc2OC(F)(F)F)nc(-c2ccccc2OC(F)(F)F)c1. The van der Waals surface area contributed by atoms with Crippen molar-refractivity contribution < 1.29 is 35.8 Å². The highest BCUT2D eigenvalue weighted by molar-refractivity contribution is 5.76. The van der Waals surface area contributed by atoms with E-state index in [4.69, 9.17) is 5.73 Å². The zero-order valence-corrected chi connectivity index (χ0v) is 14.4. The molecule has 0 aliphatic rings. The summed E-state index contributed by atoms with van der Waals surface area (Å²) in [4.78, 5) is 4.18. The second kappa shape index (κ2) is 7.53. The van der Waals surface area contributed by atoms with Gasteiger partial charge in [-0.2, -0.15) is 0 Å². The summed E-state index contributed by atoms with van der Waals surface area (Å²) >= 11 is 0. The summed E-state index contributed by atoms with van der Waals surface area (Å²) in [5, 5.41) is 0. The molecule has 0 fully saturated rings. The Kier molecular flexibility index (Phi) is 5.27. The maximum Gasteiger partial charge on any atom is 0.573 e. The number of pyridine rings is 1. The van der Waals surface area contributed by atoms with Crippen LogP contribution in [0, 0.1) is 0 Å². The predicted molar refractivity (Wildman–Crippen MR) is 92.9 cm³/mol. The Balaban J connectivity index is 2.11. The Hall–Kier alpha value is -3.43. The highest BCUT2D eigenvalue weighted by Crippen LogP contribution is 2.37. The minimum atomic E-state index is -4.94. The molecule has 29 heavy (non-hydrogen) atoms. The number of benzene rings is 2. The number of aromatic nitrogens is 1. The average Bonchev–Trinajstić information content (AvgIpc) is 2.59. The van der Waals surface area contributed by atoms with E-state index in [2.05, 4.69) is 14.5 Å². The molecular weight excluding hydrogens is 402 g/mol. The first-order valence-corrected chi connectivity index (χ1v) is 8.00. The predicted octanol–water partition coefficient (Wildman–Crippen LogP) is 5.80. The maximum atomic E-state index is 12.7. The topological polar surface area (TPSA) is 57.4 Å². The second-order valence-electron chi connectivity index (χ2n) is 5.76. The van der Waals surface area contributed by atoms with Crippen LogP contribution < -0.4 is 15.2 Å². The van der Waals surface area contributed by atoms with E-state index in [1.165, 1.54) is 48.5 Å². The van der Waals surface area contributed by atoms with Gasteiger partial charge in [0.15, 0.2) is 0 Å². The molecule has 0 spiro atoms. The number of nitrogens with zero attached hydrogens (tertiary/aromatic N) is 1. The van der Waals surface area contributed by atoms with Crippen LogP contribution in [0.25, 0.3) is 22.5 Å². The van der Waals surface area contributed by atoms with Crippen LogP contribution in [0.3, 0.4) is 0 Å². The van der Waals surface area contributed by atoms with Crippen molar-refractivity contribution in [2.24, 2.45) is 0 Å². The summed E-state index contributed by atoms with van der Waals surface area (Å²) in [5.41, 5.74) is 5.81. The molecular formula is C19H12F6N2O2. The van der Waals surface area contributed by atoms with Crippen molar-refractivity contribution in [2.45, 2.75) is 12.7 Å². The van der Waals surface area contributed by atoms with E-state index in [0.717, 1.165) is 12.1 Å². The van der Waals surface area contributed by atoms with Crippen molar-refractivity contribution in [1.29, 1.82) is 0 Å². The molecule has 0 amide bonds. The number of hydrogen-bond acceptors (Lipinski definition) is 4. The zero-order chi connectivity index (χ0) is 21.2. The molecule has 0 saturated carbocycles. The van der Waals surface area contributed by atoms with Crippen LogP contribution in [0.2, 0.25) is 0 Å². The zero-order valence-electron chi connectivity index (χ0n) is 14.4. The third-order valence-electron chi connectivity index (χ3n) is 3.63. The minimum absolute atomic E-state index is 0.0124. The smallest absolute Gasteiger partial charge is 0.405 e. The average molecular weight is 414 g/mol. The van der Waals surface area contributed by atoms with Crippen molar-refractivity contribution in [2.75, 3.05) is 5.73 Å². The van der Waals surface area contributed by atoms with Crippen LogP contribution in [0.15, 0.2) is 60.7 Å². The largest absolute Gasteiger partial charge is 0.573 e. The standard InChI is InChI=1S/C19H12F6N2O2/c20-18(21,22)28-16-7-3-1-5-12(16)14-9-11(26)10-15(27-14)13-6-2-4-8-17(13)29-19(23,24)25/h1-10H,(H2,26,27). The maximum absolute atomic E-state index is 12.7. The third-order valence-corrected chi connectivity index (χ3v) is 3.63. The highest BCUT2D eigenvalue weighted by Gasteiger charge is 2.33. The molecule has 0 saturated heterocycles. The summed E-state index contributed by atoms with van der Waals surface area (Å²) < 4.78 is 84.1. The molecule has 2 aromatic carbocycles. The fraction of sp³-hybridized carbons (Fsp3) is 0.105. The molecule has 3 aromatic rings. The molecule has 0 unspecified atom stereocenters. The van der Waals surface area contributed by atoms with Crippen LogP contribution in [-0.2, 0) is 0 Å². The number of anilines is 1. The monoisotopic (exact) mass is 414 g/mol. The molecule has 0 radical (unpaired) electrons. The van der Waals surface area contributed by atoms with E-state index in [0.29, 0.717) is 0 Å². The van der Waals surface area contributed by atoms with Gasteiger partial charge in [-0.05, 0) is 36.4 Å². The normalized spacial score (nSPS) is 11.9. The lowest BCUT2D eigenvalue weighted by Gasteiger charge is -2.15. The highest BCUT2D eigenvalue weighted by atomic mass is 19.4. The number of rotatable bonds is 4. The van der Waals surface area contributed by atoms with Gasteiger partial charge in [0.1, 0.15) is 11.5 Å². The van der Waals surface area contributed by atoms with E-state index in [1.807, 2.05) is 0 Å². The van der Waals surface area contributed by atoms with Gasteiger partial charge in [-0.25, -0.2) is 4.98 Å². The summed E-state index contributed by atoms with van der Waals surface area (Å²) in [7, 11) is 0. The lowest BCUT2D eigenvalue weighted by molar-refractivity contribution is -0.275. The molecule has 152 valence electrons. The van der Waals surface area contributed by atoms with Gasteiger partial charge in [0.2, 0.25) is 0 Å². The van der Waals surface area contributed by atoms with Crippen LogP contribution in [0.1, 0.15) is 0 Å². The van der Waals surface area contributed by atoms with Crippen LogP contribution in [0.5, 0.6) is 11.5 Å². The van der Waals surface area contributed by atoms with Gasteiger partial charge in [0.05, 0.1) is 11.4 Å². The van der Waals surface area contributed by atoms with Crippen molar-refractivity contribution in [3.63, 3.8) is 0 Å². The van der Waals surface area contributed by atoms with Crippen LogP contribution in [-0.4, -0.2) is 17.7 Å². The first-order valence-electron chi connectivity index (χ1n) is 8.00. The summed E-state index contributed by atoms with van der Waals surface area (Å²) in [5.74, 6) is -1.05. The Labute approximate surface area is 160 Å². The Morgan fingerprint density at radius 3 is 1.41 bits per heavy atom. The summed E-state index contributed by atoms with van der Waals surface area (Å²) in [6, 6.07) is 13.0. The number of para-hydroxylation sites is 2. The molecule has 2 N–H and O–H groups in total. The molecule has 4 nitrogen and oxygen atoms in total. The minimum Gasteiger partial charge on any atom is -0.405 e. The first kappa shape index (κ1) is 20.3. The third kappa shape index (κ3) is 5.31. The van der Waals surface area contributed by atoms with Gasteiger partial charge in [-0.1, -0.05) is 24.3 Å². The Morgan fingerprint density at radius 1 is 0.655 bits per heavy atom. The van der Waals surface area contributed by atoms with Crippen molar-refractivity contribution in [1.82, 2.24) is 4.98 Å². The second-order valence-corrected chi connectivity index (χ2v) is 5.76. The van der Waals surface area contributed by atoms with Crippen molar-refractivity contribution >= 4 is 5.69 Å². The number of nitrogens with two attached hydrogens (primary N) is 1. The van der Waals surface area contributed by atoms with Gasteiger partial charge in [-0.15, -0.1) is 26.3 Å². The number of halogens is 6. The van der Waals surface area contributed by atoms with Crippen LogP contribution >= 0.6 is 0 Å². The van der Waals surface area contributed by atoms with Gasteiger partial charge < -0.3 is 15.2 Å². The lowest BCUT2D eigenvalue weighted by atomic mass is 10.1.